The van der Waals surface area contributed by atoms with Crippen LogP contribution in [0.2, 0.25) is 0 Å². The maximum Gasteiger partial charge on any atom is 0.233 e. The molecule has 0 spiro atoms. The highest BCUT2D eigenvalue weighted by Gasteiger charge is 2.04. The van der Waals surface area contributed by atoms with Crippen molar-refractivity contribution in [3.63, 3.8) is 0 Å². The number of hydrogen-bond acceptors (Lipinski definition) is 7. The molecule has 0 fully saturated rings. The van der Waals surface area contributed by atoms with Crippen LogP contribution in [0.3, 0.4) is 0 Å². The average molecular weight is 246 g/mol. The lowest BCUT2D eigenvalue weighted by molar-refractivity contribution is 0.415. The molecule has 0 aliphatic heterocycles. The molecule has 0 radical (unpaired) electrons. The van der Waals surface area contributed by atoms with Gasteiger partial charge in [0.15, 0.2) is 0 Å². The molecular weight excluding hydrogens is 232 g/mol. The largest absolute Gasteiger partial charge is 0.497 e. The van der Waals surface area contributed by atoms with Crippen LogP contribution in [-0.2, 0) is 0 Å². The minimum Gasteiger partial charge on any atom is -0.497 e. The number of anilines is 4. The van der Waals surface area contributed by atoms with Crippen molar-refractivity contribution in [3.8, 4) is 5.75 Å². The van der Waals surface area contributed by atoms with Crippen molar-refractivity contribution in [1.82, 2.24) is 15.0 Å². The molecule has 94 valence electrons. The predicted molar refractivity (Wildman–Crippen MR) is 70.1 cm³/mol. The van der Waals surface area contributed by atoms with Gasteiger partial charge in [0.05, 0.1) is 7.11 Å². The van der Waals surface area contributed by atoms with Gasteiger partial charge < -0.3 is 21.1 Å². The molecule has 1 heterocycles. The Labute approximate surface area is 104 Å². The molecule has 7 nitrogen and oxygen atoms in total. The summed E-state index contributed by atoms with van der Waals surface area (Å²) in [4.78, 5) is 12.0. The number of nitrogens with one attached hydrogen (secondary N) is 2. The topological polar surface area (TPSA) is 98.0 Å². The molecule has 0 saturated heterocycles. The first kappa shape index (κ1) is 11.9. The lowest BCUT2D eigenvalue weighted by atomic mass is 10.3. The Morgan fingerprint density at radius 3 is 2.67 bits per heavy atom. The van der Waals surface area contributed by atoms with Gasteiger partial charge in [0.1, 0.15) is 5.75 Å². The number of nitrogens with zero attached hydrogens (tertiary/aromatic N) is 3. The van der Waals surface area contributed by atoms with Gasteiger partial charge in [-0.05, 0) is 12.1 Å². The lowest BCUT2D eigenvalue weighted by Crippen LogP contribution is -2.06. The molecule has 2 rings (SSSR count). The van der Waals surface area contributed by atoms with E-state index >= 15 is 0 Å². The molecule has 1 aromatic carbocycles. The van der Waals surface area contributed by atoms with Gasteiger partial charge in [-0.25, -0.2) is 0 Å². The summed E-state index contributed by atoms with van der Waals surface area (Å²) in [6.45, 7) is 0. The van der Waals surface area contributed by atoms with Crippen molar-refractivity contribution < 1.29 is 4.74 Å². The maximum absolute atomic E-state index is 5.58. The van der Waals surface area contributed by atoms with Crippen LogP contribution in [-0.4, -0.2) is 29.1 Å². The van der Waals surface area contributed by atoms with Crippen LogP contribution >= 0.6 is 0 Å². The first-order valence-corrected chi connectivity index (χ1v) is 5.31. The number of hydrogen-bond donors (Lipinski definition) is 3. The maximum atomic E-state index is 5.58. The Bertz CT molecular complexity index is 545. The zero-order valence-corrected chi connectivity index (χ0v) is 10.1. The summed E-state index contributed by atoms with van der Waals surface area (Å²) < 4.78 is 5.13. The Hall–Kier alpha value is -2.57. The Morgan fingerprint density at radius 1 is 1.17 bits per heavy atom. The van der Waals surface area contributed by atoms with Crippen LogP contribution in [0, 0.1) is 0 Å². The number of methoxy groups -OCH3 is 1. The van der Waals surface area contributed by atoms with Crippen molar-refractivity contribution in [2.45, 2.75) is 0 Å². The number of benzene rings is 1. The summed E-state index contributed by atoms with van der Waals surface area (Å²) >= 11 is 0. The summed E-state index contributed by atoms with van der Waals surface area (Å²) in [5.41, 5.74) is 6.39. The van der Waals surface area contributed by atoms with E-state index in [4.69, 9.17) is 10.5 Å². The van der Waals surface area contributed by atoms with Gasteiger partial charge >= 0.3 is 0 Å². The molecule has 0 saturated carbocycles. The van der Waals surface area contributed by atoms with Gasteiger partial charge in [-0.1, -0.05) is 6.07 Å². The SMILES string of the molecule is CNc1nc(N)nc(Nc2cccc(OC)c2)n1. The summed E-state index contributed by atoms with van der Waals surface area (Å²) in [6, 6.07) is 7.43. The molecule has 2 aromatic rings. The predicted octanol–water partition coefficient (Wildman–Crippen LogP) is 1.25. The van der Waals surface area contributed by atoms with Gasteiger partial charge in [-0.15, -0.1) is 0 Å². The molecule has 0 unspecified atom stereocenters. The van der Waals surface area contributed by atoms with Crippen molar-refractivity contribution in [2.75, 3.05) is 30.5 Å². The number of ether oxygens (including phenoxy) is 1. The van der Waals surface area contributed by atoms with E-state index in [0.29, 0.717) is 11.9 Å². The van der Waals surface area contributed by atoms with E-state index in [-0.39, 0.29) is 5.95 Å². The van der Waals surface area contributed by atoms with E-state index in [9.17, 15) is 0 Å². The number of rotatable bonds is 4. The quantitative estimate of drug-likeness (QED) is 0.746. The molecule has 0 aliphatic rings. The van der Waals surface area contributed by atoms with E-state index in [0.717, 1.165) is 11.4 Å². The first-order valence-electron chi connectivity index (χ1n) is 5.31. The van der Waals surface area contributed by atoms with E-state index in [1.807, 2.05) is 24.3 Å². The molecule has 18 heavy (non-hydrogen) atoms. The van der Waals surface area contributed by atoms with E-state index < -0.39 is 0 Å². The Kier molecular flexibility index (Phi) is 3.42. The van der Waals surface area contributed by atoms with Crippen LogP contribution in [0.1, 0.15) is 0 Å². The molecule has 0 amide bonds. The van der Waals surface area contributed by atoms with Crippen LogP contribution in [0.25, 0.3) is 0 Å². The highest BCUT2D eigenvalue weighted by molar-refractivity contribution is 5.57. The molecule has 4 N–H and O–H groups in total. The van der Waals surface area contributed by atoms with Crippen molar-refractivity contribution >= 4 is 23.5 Å². The summed E-state index contributed by atoms with van der Waals surface area (Å²) in [5.74, 6) is 1.68. The lowest BCUT2D eigenvalue weighted by Gasteiger charge is -2.08. The second-order valence-electron chi connectivity index (χ2n) is 3.45. The Morgan fingerprint density at radius 2 is 1.94 bits per heavy atom. The second kappa shape index (κ2) is 5.17. The highest BCUT2D eigenvalue weighted by Crippen LogP contribution is 2.19. The average Bonchev–Trinajstić information content (AvgIpc) is 2.38. The van der Waals surface area contributed by atoms with Crippen LogP contribution in [0.15, 0.2) is 24.3 Å². The standard InChI is InChI=1S/C11H14N6O/c1-13-10-15-9(12)16-11(17-10)14-7-4-3-5-8(6-7)18-2/h3-6H,1-2H3,(H4,12,13,14,15,16,17). The third kappa shape index (κ3) is 2.76. The van der Waals surface area contributed by atoms with Crippen molar-refractivity contribution in [1.29, 1.82) is 0 Å². The fourth-order valence-electron chi connectivity index (χ4n) is 1.39. The summed E-state index contributed by atoms with van der Waals surface area (Å²) in [7, 11) is 3.32. The fraction of sp³-hybridized carbons (Fsp3) is 0.182. The van der Waals surface area contributed by atoms with E-state index in [1.54, 1.807) is 14.2 Å². The minimum atomic E-state index is 0.153. The zero-order chi connectivity index (χ0) is 13.0. The smallest absolute Gasteiger partial charge is 0.233 e. The van der Waals surface area contributed by atoms with Crippen molar-refractivity contribution in [2.24, 2.45) is 0 Å². The molecule has 0 aliphatic carbocycles. The van der Waals surface area contributed by atoms with Crippen LogP contribution < -0.4 is 21.1 Å². The third-order valence-electron chi connectivity index (χ3n) is 2.20. The van der Waals surface area contributed by atoms with Gasteiger partial charge in [-0.2, -0.15) is 15.0 Å². The second-order valence-corrected chi connectivity index (χ2v) is 3.45. The van der Waals surface area contributed by atoms with Gasteiger partial charge in [0, 0.05) is 18.8 Å². The molecular formula is C11H14N6O. The molecule has 0 atom stereocenters. The molecule has 7 heteroatoms. The number of nitrogens with two attached hydrogens (primary N) is 1. The van der Waals surface area contributed by atoms with E-state index in [2.05, 4.69) is 25.6 Å². The zero-order valence-electron chi connectivity index (χ0n) is 10.1. The summed E-state index contributed by atoms with van der Waals surface area (Å²) in [6.07, 6.45) is 0. The normalized spacial score (nSPS) is 9.89. The van der Waals surface area contributed by atoms with Gasteiger partial charge in [0.2, 0.25) is 17.8 Å². The first-order chi connectivity index (χ1) is 8.71. The van der Waals surface area contributed by atoms with Crippen LogP contribution in [0.5, 0.6) is 5.75 Å². The van der Waals surface area contributed by atoms with E-state index in [1.165, 1.54) is 0 Å². The van der Waals surface area contributed by atoms with Gasteiger partial charge in [-0.3, -0.25) is 0 Å². The fourth-order valence-corrected chi connectivity index (χ4v) is 1.39. The minimum absolute atomic E-state index is 0.153. The summed E-state index contributed by atoms with van der Waals surface area (Å²) in [5, 5.41) is 5.84. The third-order valence-corrected chi connectivity index (χ3v) is 2.20. The molecule has 0 bridgehead atoms. The molecule has 1 aromatic heterocycles. The van der Waals surface area contributed by atoms with Crippen molar-refractivity contribution in [3.05, 3.63) is 24.3 Å². The van der Waals surface area contributed by atoms with Crippen LogP contribution in [0.4, 0.5) is 23.5 Å². The monoisotopic (exact) mass is 246 g/mol. The highest BCUT2D eigenvalue weighted by atomic mass is 16.5. The number of aromatic nitrogens is 3. The number of nitrogen functional groups attached to an aromatic ring is 1. The van der Waals surface area contributed by atoms with Gasteiger partial charge in [0.25, 0.3) is 0 Å². The Balaban J connectivity index is 2.24.